The second-order valence-corrected chi connectivity index (χ2v) is 11.1. The molecule has 248 valence electrons. The van der Waals surface area contributed by atoms with E-state index in [1.165, 1.54) is 23.4 Å². The van der Waals surface area contributed by atoms with Gasteiger partial charge in [0.2, 0.25) is 0 Å². The SMILES string of the molecule is C1=CCN2C=CC=CC2=C1.C1=CCN=C1.C1=NNCC1.C1CNCN1.c1ccc2c(c1)CCN2.c1ccc2c(c1)Nc1ccccc1O2. The van der Waals surface area contributed by atoms with Gasteiger partial charge in [-0.15, -0.1) is 0 Å². The summed E-state index contributed by atoms with van der Waals surface area (Å²) in [7, 11) is 0. The molecule has 0 spiro atoms. The molecule has 3 aromatic carbocycles. The van der Waals surface area contributed by atoms with Crippen molar-refractivity contribution in [1.82, 2.24) is 21.0 Å². The molecule has 7 heterocycles. The lowest BCUT2D eigenvalue weighted by atomic mass is 10.2. The summed E-state index contributed by atoms with van der Waals surface area (Å²) in [6, 6.07) is 24.3. The zero-order chi connectivity index (χ0) is 32.9. The van der Waals surface area contributed by atoms with Crippen molar-refractivity contribution in [2.24, 2.45) is 10.1 Å². The Hall–Kier alpha value is -5.38. The Morgan fingerprint density at radius 3 is 2.02 bits per heavy atom. The first-order valence-corrected chi connectivity index (χ1v) is 16.6. The summed E-state index contributed by atoms with van der Waals surface area (Å²) < 4.78 is 5.71. The van der Waals surface area contributed by atoms with Crippen LogP contribution < -0.4 is 31.4 Å². The van der Waals surface area contributed by atoms with Crippen molar-refractivity contribution in [2.45, 2.75) is 12.8 Å². The molecule has 3 aromatic rings. The fourth-order valence-electron chi connectivity index (χ4n) is 5.04. The summed E-state index contributed by atoms with van der Waals surface area (Å²) in [5.41, 5.74) is 8.89. The van der Waals surface area contributed by atoms with Crippen molar-refractivity contribution in [3.05, 3.63) is 139 Å². The van der Waals surface area contributed by atoms with Crippen LogP contribution in [0.3, 0.4) is 0 Å². The van der Waals surface area contributed by atoms with Crippen LogP contribution in [0, 0.1) is 0 Å². The van der Waals surface area contributed by atoms with E-state index < -0.39 is 0 Å². The minimum atomic E-state index is 0.881. The second-order valence-electron chi connectivity index (χ2n) is 11.1. The monoisotopic (exact) mass is 642 g/mol. The number of hydrazone groups is 1. The Labute approximate surface area is 284 Å². The summed E-state index contributed by atoms with van der Waals surface area (Å²) in [5, 5.41) is 16.5. The molecule has 0 unspecified atom stereocenters. The van der Waals surface area contributed by atoms with Crippen LogP contribution in [0.15, 0.2) is 143 Å². The van der Waals surface area contributed by atoms with E-state index in [1.54, 1.807) is 6.21 Å². The topological polar surface area (TPSA) is 97.3 Å². The van der Waals surface area contributed by atoms with E-state index in [2.05, 4.69) is 109 Å². The van der Waals surface area contributed by atoms with Crippen molar-refractivity contribution in [3.8, 4) is 11.5 Å². The number of hydrogen-bond acceptors (Lipinski definition) is 9. The molecule has 48 heavy (non-hydrogen) atoms. The third-order valence-corrected chi connectivity index (χ3v) is 7.51. The molecule has 0 aliphatic carbocycles. The lowest BCUT2D eigenvalue weighted by Gasteiger charge is -2.23. The highest BCUT2D eigenvalue weighted by molar-refractivity contribution is 5.75. The number of nitrogens with one attached hydrogen (secondary N) is 5. The van der Waals surface area contributed by atoms with Gasteiger partial charge in [-0.1, -0.05) is 66.8 Å². The predicted octanol–water partition coefficient (Wildman–Crippen LogP) is 6.75. The van der Waals surface area contributed by atoms with E-state index in [9.17, 15) is 0 Å². The molecule has 9 heteroatoms. The van der Waals surface area contributed by atoms with Crippen LogP contribution in [-0.4, -0.2) is 63.3 Å². The molecule has 0 atom stereocenters. The smallest absolute Gasteiger partial charge is 0.150 e. The van der Waals surface area contributed by atoms with E-state index in [1.807, 2.05) is 66.9 Å². The van der Waals surface area contributed by atoms with Crippen LogP contribution in [0.2, 0.25) is 0 Å². The first-order chi connectivity index (χ1) is 23.9. The lowest BCUT2D eigenvalue weighted by Crippen LogP contribution is -2.18. The van der Waals surface area contributed by atoms with Crippen molar-refractivity contribution in [3.63, 3.8) is 0 Å². The zero-order valence-electron chi connectivity index (χ0n) is 27.4. The van der Waals surface area contributed by atoms with Crippen LogP contribution in [0.25, 0.3) is 0 Å². The number of fused-ring (bicyclic) bond motifs is 4. The summed E-state index contributed by atoms with van der Waals surface area (Å²) in [6.45, 7) is 7.31. The summed E-state index contributed by atoms with van der Waals surface area (Å²) in [5.74, 6) is 1.76. The molecule has 1 fully saturated rings. The number of nitrogens with zero attached hydrogens (tertiary/aromatic N) is 3. The van der Waals surface area contributed by atoms with Crippen molar-refractivity contribution >= 4 is 29.5 Å². The van der Waals surface area contributed by atoms with Crippen LogP contribution in [-0.2, 0) is 6.42 Å². The van der Waals surface area contributed by atoms with Crippen LogP contribution in [0.5, 0.6) is 11.5 Å². The number of anilines is 3. The first kappa shape index (κ1) is 34.0. The Morgan fingerprint density at radius 2 is 1.46 bits per heavy atom. The fourth-order valence-corrected chi connectivity index (χ4v) is 5.04. The van der Waals surface area contributed by atoms with Gasteiger partial charge in [-0.25, -0.2) is 0 Å². The van der Waals surface area contributed by atoms with Gasteiger partial charge < -0.3 is 36.3 Å². The standard InChI is InChI=1S/C12H9NO.C9H9N.C8H9N.C4H5N.C3H8N2.C3H6N2/c1-3-7-11-9(5-1)13-10-6-2-4-8-12(10)14-11;1-3-7-10-8-4-2-6-9(10)5-1;1-2-4-8-7(3-1)5-6-9-8;1-2-4-5-3-1;1-2-5-3-4-1;1-2-4-5-3-1/h1-8,13H;1-7H,8H2;1-4,9H,5-6H2;1-3H,4H2;4-5H,1-3H2;2,5H,1,3H2. The Bertz CT molecular complexity index is 1500. The number of rotatable bonds is 0. The molecule has 9 nitrogen and oxygen atoms in total. The van der Waals surface area contributed by atoms with Gasteiger partial charge in [-0.2, -0.15) is 5.10 Å². The Morgan fingerprint density at radius 1 is 0.708 bits per heavy atom. The van der Waals surface area contributed by atoms with Crippen molar-refractivity contribution in [1.29, 1.82) is 0 Å². The molecular formula is C39H46N8O. The molecule has 0 saturated carbocycles. The van der Waals surface area contributed by atoms with Gasteiger partial charge in [-0.05, 0) is 66.6 Å². The molecule has 5 N–H and O–H groups in total. The maximum Gasteiger partial charge on any atom is 0.150 e. The molecule has 10 rings (SSSR count). The van der Waals surface area contributed by atoms with Crippen molar-refractivity contribution in [2.75, 3.05) is 56.6 Å². The highest BCUT2D eigenvalue weighted by Gasteiger charge is 2.14. The maximum absolute atomic E-state index is 5.71. The van der Waals surface area contributed by atoms with Gasteiger partial charge in [0.05, 0.1) is 17.9 Å². The van der Waals surface area contributed by atoms with Crippen molar-refractivity contribution < 1.29 is 4.74 Å². The number of para-hydroxylation sites is 5. The minimum Gasteiger partial charge on any atom is -0.453 e. The summed E-state index contributed by atoms with van der Waals surface area (Å²) >= 11 is 0. The van der Waals surface area contributed by atoms with Gasteiger partial charge in [0, 0.05) is 75.8 Å². The predicted molar refractivity (Wildman–Crippen MR) is 202 cm³/mol. The number of ether oxygens (including phenoxy) is 1. The zero-order valence-corrected chi connectivity index (χ0v) is 27.4. The van der Waals surface area contributed by atoms with E-state index in [4.69, 9.17) is 4.74 Å². The molecule has 7 aliphatic heterocycles. The normalized spacial score (nSPS) is 16.9. The van der Waals surface area contributed by atoms with E-state index in [-0.39, 0.29) is 0 Å². The third kappa shape index (κ3) is 11.5. The molecule has 0 amide bonds. The second kappa shape index (κ2) is 20.0. The number of hydrogen-bond donors (Lipinski definition) is 5. The average molecular weight is 643 g/mol. The lowest BCUT2D eigenvalue weighted by molar-refractivity contribution is 0.481. The highest BCUT2D eigenvalue weighted by atomic mass is 16.5. The van der Waals surface area contributed by atoms with E-state index >= 15 is 0 Å². The van der Waals surface area contributed by atoms with Gasteiger partial charge >= 0.3 is 0 Å². The van der Waals surface area contributed by atoms with E-state index in [0.717, 1.165) is 75.2 Å². The molecule has 0 bridgehead atoms. The summed E-state index contributed by atoms with van der Waals surface area (Å²) in [4.78, 5) is 6.06. The molecule has 1 saturated heterocycles. The Kier molecular flexibility index (Phi) is 14.1. The van der Waals surface area contributed by atoms with E-state index in [0.29, 0.717) is 0 Å². The van der Waals surface area contributed by atoms with Gasteiger partial charge in [0.1, 0.15) is 0 Å². The fraction of sp³-hybridized carbons (Fsp3) is 0.231. The van der Waals surface area contributed by atoms with Crippen LogP contribution in [0.1, 0.15) is 12.0 Å². The van der Waals surface area contributed by atoms with Gasteiger partial charge in [0.25, 0.3) is 0 Å². The molecule has 0 radical (unpaired) electrons. The Balaban J connectivity index is 0.000000118. The molecule has 7 aliphatic rings. The first-order valence-electron chi connectivity index (χ1n) is 16.6. The maximum atomic E-state index is 5.71. The van der Waals surface area contributed by atoms with Crippen LogP contribution >= 0.6 is 0 Å². The third-order valence-electron chi connectivity index (χ3n) is 7.51. The molecular weight excluding hydrogens is 596 g/mol. The average Bonchev–Trinajstić information content (AvgIpc) is 4.01. The number of benzene rings is 3. The highest BCUT2D eigenvalue weighted by Crippen LogP contribution is 2.41. The number of allylic oxidation sites excluding steroid dienone is 6. The molecule has 0 aromatic heterocycles. The van der Waals surface area contributed by atoms with Gasteiger partial charge in [0.15, 0.2) is 11.5 Å². The largest absolute Gasteiger partial charge is 0.453 e. The van der Waals surface area contributed by atoms with Gasteiger partial charge in [-0.3, -0.25) is 4.99 Å². The number of aliphatic imine (C=N–C) groups is 1. The summed E-state index contributed by atoms with van der Waals surface area (Å²) in [6.07, 6.45) is 24.6. The quantitative estimate of drug-likeness (QED) is 0.145. The minimum absolute atomic E-state index is 0.881. The van der Waals surface area contributed by atoms with Crippen LogP contribution in [0.4, 0.5) is 17.1 Å².